The van der Waals surface area contributed by atoms with Gasteiger partial charge in [0, 0.05) is 11.9 Å². The second-order valence-corrected chi connectivity index (χ2v) is 7.45. The lowest BCUT2D eigenvalue weighted by atomic mass is 10.2. The first-order chi connectivity index (χ1) is 12.9. The predicted octanol–water partition coefficient (Wildman–Crippen LogP) is 1.44. The highest BCUT2D eigenvalue weighted by atomic mass is 32.1. The molecule has 0 aliphatic rings. The maximum Gasteiger partial charge on any atom is 0.262 e. The number of carbonyl (C=O) groups is 2. The molecule has 0 aliphatic heterocycles. The number of aryl methyl sites for hydroxylation is 2. The Morgan fingerprint density at radius 3 is 2.85 bits per heavy atom. The van der Waals surface area contributed by atoms with Gasteiger partial charge in [0.25, 0.3) is 5.56 Å². The molecule has 3 rings (SSSR count). The van der Waals surface area contributed by atoms with Crippen LogP contribution in [0.5, 0.6) is 0 Å². The molecule has 3 heterocycles. The fourth-order valence-electron chi connectivity index (χ4n) is 2.61. The number of likely N-dealkylation sites (N-methyl/N-ethyl adjacent to an activating group) is 1. The summed E-state index contributed by atoms with van der Waals surface area (Å²) in [5.41, 5.74) is 0.644. The van der Waals surface area contributed by atoms with E-state index in [1.165, 1.54) is 40.4 Å². The molecular weight excluding hydrogens is 368 g/mol. The molecule has 9 heteroatoms. The van der Waals surface area contributed by atoms with Crippen LogP contribution in [0.2, 0.25) is 0 Å². The summed E-state index contributed by atoms with van der Waals surface area (Å²) in [6.45, 7) is 3.79. The quantitative estimate of drug-likeness (QED) is 0.689. The lowest BCUT2D eigenvalue weighted by Gasteiger charge is -2.17. The topological polar surface area (TPSA) is 97.4 Å². The monoisotopic (exact) mass is 388 g/mol. The molecule has 0 unspecified atom stereocenters. The van der Waals surface area contributed by atoms with Crippen molar-refractivity contribution in [3.63, 3.8) is 0 Å². The van der Waals surface area contributed by atoms with Crippen molar-refractivity contribution < 1.29 is 14.0 Å². The third-order valence-corrected chi connectivity index (χ3v) is 5.42. The number of hydrogen-bond donors (Lipinski definition) is 1. The summed E-state index contributed by atoms with van der Waals surface area (Å²) in [6, 6.07) is 3.48. The van der Waals surface area contributed by atoms with Crippen LogP contribution in [-0.2, 0) is 22.7 Å². The Labute approximate surface area is 159 Å². The second kappa shape index (κ2) is 7.75. The molecule has 0 atom stereocenters. The highest BCUT2D eigenvalue weighted by Crippen LogP contribution is 2.25. The van der Waals surface area contributed by atoms with Crippen LogP contribution in [0.3, 0.4) is 0 Å². The van der Waals surface area contributed by atoms with E-state index < -0.39 is 0 Å². The lowest BCUT2D eigenvalue weighted by Crippen LogP contribution is -2.40. The molecule has 0 aliphatic carbocycles. The van der Waals surface area contributed by atoms with Crippen molar-refractivity contribution in [2.24, 2.45) is 0 Å². The Morgan fingerprint density at radius 2 is 2.15 bits per heavy atom. The van der Waals surface area contributed by atoms with Gasteiger partial charge in [0.15, 0.2) is 0 Å². The van der Waals surface area contributed by atoms with Crippen LogP contribution in [0.15, 0.2) is 33.9 Å². The van der Waals surface area contributed by atoms with Gasteiger partial charge in [0.05, 0.1) is 31.1 Å². The van der Waals surface area contributed by atoms with Crippen LogP contribution in [-0.4, -0.2) is 39.9 Å². The largest absolute Gasteiger partial charge is 0.467 e. The fourth-order valence-corrected chi connectivity index (χ4v) is 3.59. The van der Waals surface area contributed by atoms with Crippen molar-refractivity contribution >= 4 is 33.4 Å². The molecule has 3 aromatic heterocycles. The number of thiophene rings is 1. The minimum absolute atomic E-state index is 0.111. The Hall–Kier alpha value is -2.94. The first kappa shape index (κ1) is 18.8. The van der Waals surface area contributed by atoms with Crippen LogP contribution in [0.1, 0.15) is 16.2 Å². The molecule has 2 amide bonds. The number of carbonyl (C=O) groups excluding carboxylic acids is 2. The Balaban J connectivity index is 1.63. The summed E-state index contributed by atoms with van der Waals surface area (Å²) in [5, 5.41) is 3.22. The lowest BCUT2D eigenvalue weighted by molar-refractivity contribution is -0.135. The van der Waals surface area contributed by atoms with Gasteiger partial charge in [-0.3, -0.25) is 19.0 Å². The van der Waals surface area contributed by atoms with Gasteiger partial charge in [-0.05, 0) is 31.5 Å². The van der Waals surface area contributed by atoms with Crippen molar-refractivity contribution in [1.29, 1.82) is 0 Å². The van der Waals surface area contributed by atoms with Crippen molar-refractivity contribution in [3.8, 4) is 0 Å². The first-order valence-electron chi connectivity index (χ1n) is 8.35. The van der Waals surface area contributed by atoms with Crippen molar-refractivity contribution in [2.75, 3.05) is 13.6 Å². The number of aromatic nitrogens is 2. The number of fused-ring (bicyclic) bond motifs is 1. The van der Waals surface area contributed by atoms with E-state index in [0.29, 0.717) is 16.0 Å². The molecule has 142 valence electrons. The molecule has 0 saturated heterocycles. The van der Waals surface area contributed by atoms with Gasteiger partial charge in [-0.1, -0.05) is 0 Å². The highest BCUT2D eigenvalue weighted by molar-refractivity contribution is 7.18. The minimum atomic E-state index is -0.351. The zero-order valence-corrected chi connectivity index (χ0v) is 16.1. The summed E-state index contributed by atoms with van der Waals surface area (Å²) >= 11 is 1.46. The van der Waals surface area contributed by atoms with Gasteiger partial charge in [0.1, 0.15) is 17.1 Å². The predicted molar refractivity (Wildman–Crippen MR) is 102 cm³/mol. The molecule has 27 heavy (non-hydrogen) atoms. The third-order valence-electron chi connectivity index (χ3n) is 4.31. The van der Waals surface area contributed by atoms with Crippen LogP contribution < -0.4 is 10.9 Å². The van der Waals surface area contributed by atoms with Gasteiger partial charge in [0.2, 0.25) is 11.8 Å². The maximum atomic E-state index is 12.6. The summed E-state index contributed by atoms with van der Waals surface area (Å²) in [5.74, 6) is -0.0341. The van der Waals surface area contributed by atoms with Gasteiger partial charge >= 0.3 is 0 Å². The molecule has 0 radical (unpaired) electrons. The van der Waals surface area contributed by atoms with E-state index in [2.05, 4.69) is 10.3 Å². The molecule has 8 nitrogen and oxygen atoms in total. The first-order valence-corrected chi connectivity index (χ1v) is 9.16. The molecular formula is C18H20N4O4S. The summed E-state index contributed by atoms with van der Waals surface area (Å²) < 4.78 is 6.41. The minimum Gasteiger partial charge on any atom is -0.467 e. The van der Waals surface area contributed by atoms with E-state index in [9.17, 15) is 14.4 Å². The van der Waals surface area contributed by atoms with Crippen LogP contribution >= 0.6 is 11.3 Å². The van der Waals surface area contributed by atoms with E-state index >= 15 is 0 Å². The third kappa shape index (κ3) is 4.08. The summed E-state index contributed by atoms with van der Waals surface area (Å²) in [6.07, 6.45) is 2.90. The molecule has 0 spiro atoms. The average Bonchev–Trinajstić information content (AvgIpc) is 3.24. The van der Waals surface area contributed by atoms with Crippen molar-refractivity contribution in [3.05, 3.63) is 51.3 Å². The number of hydrogen-bond acceptors (Lipinski definition) is 6. The second-order valence-electron chi connectivity index (χ2n) is 6.25. The van der Waals surface area contributed by atoms with Gasteiger partial charge < -0.3 is 14.6 Å². The van der Waals surface area contributed by atoms with E-state index in [1.54, 1.807) is 12.1 Å². The number of furan rings is 1. The molecule has 0 fully saturated rings. The summed E-state index contributed by atoms with van der Waals surface area (Å²) in [4.78, 5) is 44.3. The Bertz CT molecular complexity index is 1040. The van der Waals surface area contributed by atoms with Gasteiger partial charge in [-0.15, -0.1) is 11.3 Å². The SMILES string of the molecule is Cc1sc2ncn(CC(=O)N(C)CC(=O)NCc3ccco3)c(=O)c2c1C. The van der Waals surface area contributed by atoms with Crippen LogP contribution in [0.25, 0.3) is 10.2 Å². The standard InChI is InChI=1S/C18H20N4O4S/c1-11-12(2)27-17-16(11)18(25)22(10-20-17)9-15(24)21(3)8-14(23)19-7-13-5-4-6-26-13/h4-6,10H,7-9H2,1-3H3,(H,19,23). The van der Waals surface area contributed by atoms with E-state index in [0.717, 1.165) is 10.4 Å². The zero-order valence-electron chi connectivity index (χ0n) is 15.3. The van der Waals surface area contributed by atoms with Gasteiger partial charge in [-0.2, -0.15) is 0 Å². The molecule has 1 N–H and O–H groups in total. The van der Waals surface area contributed by atoms with Crippen molar-refractivity contribution in [1.82, 2.24) is 19.8 Å². The van der Waals surface area contributed by atoms with Gasteiger partial charge in [-0.25, -0.2) is 4.98 Å². The average molecular weight is 388 g/mol. The van der Waals surface area contributed by atoms with Crippen LogP contribution in [0.4, 0.5) is 0 Å². The number of amides is 2. The molecule has 0 bridgehead atoms. The smallest absolute Gasteiger partial charge is 0.262 e. The van der Waals surface area contributed by atoms with Crippen LogP contribution in [0, 0.1) is 13.8 Å². The highest BCUT2D eigenvalue weighted by Gasteiger charge is 2.17. The Kier molecular flexibility index (Phi) is 5.41. The maximum absolute atomic E-state index is 12.6. The van der Waals surface area contributed by atoms with E-state index in [1.807, 2.05) is 13.8 Å². The van der Waals surface area contributed by atoms with E-state index in [4.69, 9.17) is 4.42 Å². The number of nitrogens with zero attached hydrogens (tertiary/aromatic N) is 3. The normalized spacial score (nSPS) is 10.9. The van der Waals surface area contributed by atoms with E-state index in [-0.39, 0.29) is 37.0 Å². The number of rotatable bonds is 6. The number of nitrogens with one attached hydrogen (secondary N) is 1. The molecule has 0 aromatic carbocycles. The Morgan fingerprint density at radius 1 is 1.37 bits per heavy atom. The summed E-state index contributed by atoms with van der Waals surface area (Å²) in [7, 11) is 1.52. The fraction of sp³-hybridized carbons (Fsp3) is 0.333. The molecule has 0 saturated carbocycles. The van der Waals surface area contributed by atoms with Crippen molar-refractivity contribution in [2.45, 2.75) is 26.9 Å². The molecule has 3 aromatic rings. The zero-order chi connectivity index (χ0) is 19.6.